The topological polar surface area (TPSA) is 101 Å². The van der Waals surface area contributed by atoms with Gasteiger partial charge in [-0.1, -0.05) is 36.8 Å². The first kappa shape index (κ1) is 20.8. The number of allylic oxidation sites excluding steroid dienone is 1. The Kier molecular flexibility index (Phi) is 5.37. The first-order valence-electron chi connectivity index (χ1n) is 9.62. The van der Waals surface area contributed by atoms with Gasteiger partial charge in [0.15, 0.2) is 0 Å². The molecule has 154 valence electrons. The Balaban J connectivity index is 1.96. The summed E-state index contributed by atoms with van der Waals surface area (Å²) >= 11 is 0. The molecule has 1 aliphatic rings. The van der Waals surface area contributed by atoms with Crippen molar-refractivity contribution in [1.29, 1.82) is 0 Å². The lowest BCUT2D eigenvalue weighted by atomic mass is 9.72. The molecule has 0 spiro atoms. The van der Waals surface area contributed by atoms with Crippen molar-refractivity contribution in [1.82, 2.24) is 0 Å². The number of aliphatic hydroxyl groups excluding tert-OH is 2. The van der Waals surface area contributed by atoms with Crippen molar-refractivity contribution >= 4 is 0 Å². The third-order valence-electron chi connectivity index (χ3n) is 5.91. The van der Waals surface area contributed by atoms with E-state index in [1.807, 2.05) is 26.0 Å². The van der Waals surface area contributed by atoms with Gasteiger partial charge in [-0.25, -0.2) is 0 Å². The van der Waals surface area contributed by atoms with Crippen LogP contribution in [0.1, 0.15) is 41.7 Å². The summed E-state index contributed by atoms with van der Waals surface area (Å²) in [6.45, 7) is 7.15. The van der Waals surface area contributed by atoms with Crippen LogP contribution in [0, 0.1) is 19.3 Å². The fraction of sp³-hybridized carbons (Fsp3) is 0.333. The number of benzene rings is 2. The molecular formula is C24H28O5. The molecule has 0 heterocycles. The van der Waals surface area contributed by atoms with E-state index in [9.17, 15) is 25.5 Å². The molecule has 0 bridgehead atoms. The minimum Gasteiger partial charge on any atom is -0.508 e. The molecule has 2 unspecified atom stereocenters. The second-order valence-electron chi connectivity index (χ2n) is 8.31. The van der Waals surface area contributed by atoms with Crippen molar-refractivity contribution in [3.63, 3.8) is 0 Å². The zero-order chi connectivity index (χ0) is 21.5. The molecule has 1 aliphatic carbocycles. The number of aromatic hydroxyl groups is 3. The third kappa shape index (κ3) is 3.83. The van der Waals surface area contributed by atoms with Crippen molar-refractivity contribution < 1.29 is 25.5 Å². The van der Waals surface area contributed by atoms with Gasteiger partial charge in [0.05, 0.1) is 6.10 Å². The Morgan fingerprint density at radius 1 is 0.897 bits per heavy atom. The molecule has 0 aromatic heterocycles. The standard InChI is InChI=1S/C24H28O5/c1-13-9-17(11-16-5-6-19(25)14(2)21(16)27)22(28)18(10-13)12-24(4)8-7-20(26)15(3)23(24)29/h5-10,23,25-29H,11-12H2,1-4H3. The maximum Gasteiger partial charge on any atom is 0.125 e. The van der Waals surface area contributed by atoms with E-state index >= 15 is 0 Å². The summed E-state index contributed by atoms with van der Waals surface area (Å²) in [5.74, 6) is 0.237. The van der Waals surface area contributed by atoms with Crippen LogP contribution in [0.3, 0.4) is 0 Å². The molecule has 0 saturated carbocycles. The van der Waals surface area contributed by atoms with Crippen LogP contribution in [0.5, 0.6) is 17.2 Å². The molecule has 5 nitrogen and oxygen atoms in total. The average molecular weight is 396 g/mol. The first-order valence-corrected chi connectivity index (χ1v) is 9.62. The van der Waals surface area contributed by atoms with Crippen LogP contribution in [-0.4, -0.2) is 31.6 Å². The molecule has 0 amide bonds. The Labute approximate surface area is 170 Å². The monoisotopic (exact) mass is 396 g/mol. The molecule has 0 aliphatic heterocycles. The predicted molar refractivity (Wildman–Crippen MR) is 112 cm³/mol. The molecule has 0 fully saturated rings. The van der Waals surface area contributed by atoms with Crippen LogP contribution >= 0.6 is 0 Å². The lowest BCUT2D eigenvalue weighted by Crippen LogP contribution is -2.36. The molecular weight excluding hydrogens is 368 g/mol. The second-order valence-corrected chi connectivity index (χ2v) is 8.31. The van der Waals surface area contributed by atoms with Gasteiger partial charge in [0.2, 0.25) is 0 Å². The molecule has 29 heavy (non-hydrogen) atoms. The highest BCUT2D eigenvalue weighted by Gasteiger charge is 2.36. The summed E-state index contributed by atoms with van der Waals surface area (Å²) in [5.41, 5.74) is 3.15. The normalized spacial score (nSPS) is 21.6. The summed E-state index contributed by atoms with van der Waals surface area (Å²) in [7, 11) is 0. The van der Waals surface area contributed by atoms with E-state index in [0.29, 0.717) is 40.7 Å². The Morgan fingerprint density at radius 2 is 1.55 bits per heavy atom. The van der Waals surface area contributed by atoms with E-state index in [1.165, 1.54) is 6.07 Å². The van der Waals surface area contributed by atoms with Crippen molar-refractivity contribution in [3.05, 3.63) is 75.6 Å². The molecule has 5 N–H and O–H groups in total. The minimum atomic E-state index is -0.861. The Bertz CT molecular complexity index is 1020. The van der Waals surface area contributed by atoms with Crippen LogP contribution < -0.4 is 0 Å². The van der Waals surface area contributed by atoms with E-state index in [0.717, 1.165) is 5.56 Å². The predicted octanol–water partition coefficient (Wildman–Crippen LogP) is 4.32. The highest BCUT2D eigenvalue weighted by molar-refractivity contribution is 5.52. The number of hydrogen-bond donors (Lipinski definition) is 5. The SMILES string of the molecule is CC1=C(O)C=CC(C)(Cc2cc(C)cc(Cc3ccc(O)c(C)c3O)c2O)C1O. The van der Waals surface area contributed by atoms with Gasteiger partial charge >= 0.3 is 0 Å². The highest BCUT2D eigenvalue weighted by atomic mass is 16.3. The summed E-state index contributed by atoms with van der Waals surface area (Å²) < 4.78 is 0. The van der Waals surface area contributed by atoms with Crippen molar-refractivity contribution in [2.24, 2.45) is 5.41 Å². The lowest BCUT2D eigenvalue weighted by molar-refractivity contribution is 0.0937. The smallest absolute Gasteiger partial charge is 0.125 e. The summed E-state index contributed by atoms with van der Waals surface area (Å²) in [6.07, 6.45) is 3.20. The zero-order valence-electron chi connectivity index (χ0n) is 17.2. The van der Waals surface area contributed by atoms with Crippen LogP contribution in [-0.2, 0) is 12.8 Å². The van der Waals surface area contributed by atoms with E-state index in [1.54, 1.807) is 32.1 Å². The molecule has 0 saturated heterocycles. The van der Waals surface area contributed by atoms with Crippen LogP contribution in [0.15, 0.2) is 47.7 Å². The summed E-state index contributed by atoms with van der Waals surface area (Å²) in [6, 6.07) is 6.93. The molecule has 2 aromatic rings. The van der Waals surface area contributed by atoms with Gasteiger partial charge in [-0.2, -0.15) is 0 Å². The number of aryl methyl sites for hydroxylation is 1. The van der Waals surface area contributed by atoms with Crippen molar-refractivity contribution in [3.8, 4) is 17.2 Å². The fourth-order valence-electron chi connectivity index (χ4n) is 3.99. The molecule has 2 aromatic carbocycles. The summed E-state index contributed by atoms with van der Waals surface area (Å²) in [5, 5.41) is 51.6. The van der Waals surface area contributed by atoms with E-state index in [2.05, 4.69) is 0 Å². The molecule has 2 atom stereocenters. The summed E-state index contributed by atoms with van der Waals surface area (Å²) in [4.78, 5) is 0. The largest absolute Gasteiger partial charge is 0.508 e. The number of aliphatic hydroxyl groups is 2. The Morgan fingerprint density at radius 3 is 2.24 bits per heavy atom. The van der Waals surface area contributed by atoms with E-state index < -0.39 is 11.5 Å². The minimum absolute atomic E-state index is 0.0151. The van der Waals surface area contributed by atoms with Gasteiger partial charge in [0, 0.05) is 17.4 Å². The van der Waals surface area contributed by atoms with Gasteiger partial charge < -0.3 is 25.5 Å². The van der Waals surface area contributed by atoms with Crippen molar-refractivity contribution in [2.75, 3.05) is 0 Å². The number of hydrogen-bond acceptors (Lipinski definition) is 5. The maximum atomic E-state index is 10.9. The van der Waals surface area contributed by atoms with Gasteiger partial charge in [-0.05, 0) is 61.6 Å². The maximum absolute atomic E-state index is 10.9. The van der Waals surface area contributed by atoms with Crippen LogP contribution in [0.2, 0.25) is 0 Å². The van der Waals surface area contributed by atoms with Gasteiger partial charge in [-0.15, -0.1) is 0 Å². The molecule has 3 rings (SSSR count). The lowest BCUT2D eigenvalue weighted by Gasteiger charge is -2.35. The number of rotatable bonds is 4. The third-order valence-corrected chi connectivity index (χ3v) is 5.91. The average Bonchev–Trinajstić information content (AvgIpc) is 2.67. The zero-order valence-corrected chi connectivity index (χ0v) is 17.2. The van der Waals surface area contributed by atoms with E-state index in [-0.39, 0.29) is 23.0 Å². The second kappa shape index (κ2) is 7.48. The molecule has 5 heteroatoms. The highest BCUT2D eigenvalue weighted by Crippen LogP contribution is 2.40. The number of phenols is 3. The number of phenolic OH excluding ortho intramolecular Hbond substituents is 3. The van der Waals surface area contributed by atoms with E-state index in [4.69, 9.17) is 0 Å². The van der Waals surface area contributed by atoms with Crippen LogP contribution in [0.25, 0.3) is 0 Å². The van der Waals surface area contributed by atoms with Gasteiger partial charge in [0.1, 0.15) is 23.0 Å². The fourth-order valence-corrected chi connectivity index (χ4v) is 3.99. The van der Waals surface area contributed by atoms with Crippen molar-refractivity contribution in [2.45, 2.75) is 46.6 Å². The molecule has 0 radical (unpaired) electrons. The van der Waals surface area contributed by atoms with Gasteiger partial charge in [0.25, 0.3) is 0 Å². The first-order chi connectivity index (χ1) is 13.5. The quantitative estimate of drug-likeness (QED) is 0.530. The van der Waals surface area contributed by atoms with Gasteiger partial charge in [-0.3, -0.25) is 0 Å². The Hall–Kier alpha value is -2.92. The van der Waals surface area contributed by atoms with Crippen LogP contribution in [0.4, 0.5) is 0 Å².